The quantitative estimate of drug-likeness (QED) is 0.604. The number of hydrogen-bond donors (Lipinski definition) is 0. The highest BCUT2D eigenvalue weighted by atomic mass is 32.2. The third kappa shape index (κ3) is 2.38. The Kier molecular flexibility index (Phi) is 2.63. The summed E-state index contributed by atoms with van der Waals surface area (Å²) in [4.78, 5) is 2.55. The summed E-state index contributed by atoms with van der Waals surface area (Å²) in [6.07, 6.45) is 0.562. The Hall–Kier alpha value is 0.270. The van der Waals surface area contributed by atoms with E-state index in [0.29, 0.717) is 6.10 Å². The normalized spacial score (nSPS) is 43.0. The maximum atomic E-state index is 5.23. The third-order valence-electron chi connectivity index (χ3n) is 2.36. The van der Waals surface area contributed by atoms with Crippen molar-refractivity contribution in [3.63, 3.8) is 0 Å². The van der Waals surface area contributed by atoms with Crippen LogP contribution in [-0.4, -0.2) is 47.7 Å². The molecule has 2 saturated heterocycles. The van der Waals surface area contributed by atoms with Crippen LogP contribution in [0.2, 0.25) is 0 Å². The lowest BCUT2D eigenvalue weighted by Crippen LogP contribution is -2.42. The molecule has 3 unspecified atom stereocenters. The van der Waals surface area contributed by atoms with Crippen molar-refractivity contribution in [2.75, 3.05) is 26.2 Å². The van der Waals surface area contributed by atoms with Gasteiger partial charge < -0.3 is 4.74 Å². The van der Waals surface area contributed by atoms with Crippen LogP contribution in [0.3, 0.4) is 0 Å². The summed E-state index contributed by atoms with van der Waals surface area (Å²) in [5.41, 5.74) is 0. The van der Waals surface area contributed by atoms with E-state index in [0.717, 1.165) is 23.7 Å². The number of rotatable bonds is 2. The van der Waals surface area contributed by atoms with Crippen molar-refractivity contribution < 1.29 is 4.74 Å². The van der Waals surface area contributed by atoms with Crippen molar-refractivity contribution in [3.05, 3.63) is 0 Å². The second-order valence-electron chi connectivity index (χ2n) is 3.93. The second kappa shape index (κ2) is 3.56. The summed E-state index contributed by atoms with van der Waals surface area (Å²) < 4.78 is 5.23. The van der Waals surface area contributed by atoms with E-state index in [-0.39, 0.29) is 0 Å². The average molecular weight is 187 g/mol. The third-order valence-corrected chi connectivity index (χ3v) is 3.59. The molecule has 0 aromatic carbocycles. The highest BCUT2D eigenvalue weighted by Gasteiger charge is 2.29. The number of nitrogens with zero attached hydrogens (tertiary/aromatic N) is 1. The van der Waals surface area contributed by atoms with Crippen LogP contribution in [0.25, 0.3) is 0 Å². The standard InChI is InChI=1S/C9H17NOS/c1-7-3-10(4-8(2)12-7)5-9-6-11-9/h7-9H,3-6H2,1-2H3. The molecule has 0 aromatic rings. The number of epoxide rings is 1. The van der Waals surface area contributed by atoms with E-state index in [9.17, 15) is 0 Å². The van der Waals surface area contributed by atoms with Gasteiger partial charge in [0.2, 0.25) is 0 Å². The van der Waals surface area contributed by atoms with Gasteiger partial charge in [-0.05, 0) is 0 Å². The van der Waals surface area contributed by atoms with Gasteiger partial charge in [-0.25, -0.2) is 0 Å². The summed E-state index contributed by atoms with van der Waals surface area (Å²) >= 11 is 2.11. The van der Waals surface area contributed by atoms with Gasteiger partial charge in [0.25, 0.3) is 0 Å². The van der Waals surface area contributed by atoms with Crippen molar-refractivity contribution in [2.45, 2.75) is 30.5 Å². The van der Waals surface area contributed by atoms with Gasteiger partial charge in [0.05, 0.1) is 12.7 Å². The van der Waals surface area contributed by atoms with E-state index >= 15 is 0 Å². The van der Waals surface area contributed by atoms with E-state index < -0.39 is 0 Å². The average Bonchev–Trinajstić information content (AvgIpc) is 2.68. The Balaban J connectivity index is 1.79. The van der Waals surface area contributed by atoms with Gasteiger partial charge in [0.15, 0.2) is 0 Å². The van der Waals surface area contributed by atoms with Crippen molar-refractivity contribution in [2.24, 2.45) is 0 Å². The first-order valence-electron chi connectivity index (χ1n) is 4.73. The van der Waals surface area contributed by atoms with Crippen LogP contribution in [0.4, 0.5) is 0 Å². The van der Waals surface area contributed by atoms with E-state index in [1.807, 2.05) is 0 Å². The van der Waals surface area contributed by atoms with Crippen LogP contribution in [-0.2, 0) is 4.74 Å². The molecule has 2 aliphatic heterocycles. The molecular formula is C9H17NOS. The van der Waals surface area contributed by atoms with Crippen molar-refractivity contribution in [3.8, 4) is 0 Å². The van der Waals surface area contributed by atoms with Gasteiger partial charge in [-0.3, -0.25) is 4.90 Å². The molecule has 0 radical (unpaired) electrons. The largest absolute Gasteiger partial charge is 0.372 e. The zero-order chi connectivity index (χ0) is 8.55. The van der Waals surface area contributed by atoms with Crippen molar-refractivity contribution >= 4 is 11.8 Å². The molecule has 12 heavy (non-hydrogen) atoms. The molecule has 2 aliphatic rings. The zero-order valence-corrected chi connectivity index (χ0v) is 8.64. The SMILES string of the molecule is CC1CN(CC2CO2)CC(C)S1. The monoisotopic (exact) mass is 187 g/mol. The van der Waals surface area contributed by atoms with Gasteiger partial charge in [-0.2, -0.15) is 11.8 Å². The first-order chi connectivity index (χ1) is 5.74. The molecule has 0 aliphatic carbocycles. The lowest BCUT2D eigenvalue weighted by Gasteiger charge is -2.34. The molecule has 2 rings (SSSR count). The molecule has 3 heteroatoms. The van der Waals surface area contributed by atoms with Gasteiger partial charge in [0.1, 0.15) is 0 Å². The minimum atomic E-state index is 0.562. The van der Waals surface area contributed by atoms with Crippen molar-refractivity contribution in [1.82, 2.24) is 4.90 Å². The predicted molar refractivity (Wildman–Crippen MR) is 52.7 cm³/mol. The van der Waals surface area contributed by atoms with Gasteiger partial charge in [0, 0.05) is 30.1 Å². The molecule has 0 aromatic heterocycles. The molecule has 3 atom stereocenters. The minimum absolute atomic E-state index is 0.562. The summed E-state index contributed by atoms with van der Waals surface area (Å²) in [5, 5.41) is 1.60. The van der Waals surface area contributed by atoms with Crippen LogP contribution in [0.15, 0.2) is 0 Å². The Labute approximate surface area is 78.6 Å². The molecule has 0 saturated carbocycles. The fourth-order valence-electron chi connectivity index (χ4n) is 1.89. The summed E-state index contributed by atoms with van der Waals surface area (Å²) in [7, 11) is 0. The zero-order valence-electron chi connectivity index (χ0n) is 7.82. The summed E-state index contributed by atoms with van der Waals surface area (Å²) in [6, 6.07) is 0. The topological polar surface area (TPSA) is 15.8 Å². The van der Waals surface area contributed by atoms with E-state index in [4.69, 9.17) is 4.74 Å². The van der Waals surface area contributed by atoms with Crippen LogP contribution < -0.4 is 0 Å². The lowest BCUT2D eigenvalue weighted by molar-refractivity contribution is 0.240. The molecule has 70 valence electrons. The van der Waals surface area contributed by atoms with Crippen LogP contribution in [0.1, 0.15) is 13.8 Å². The maximum absolute atomic E-state index is 5.23. The number of hydrogen-bond acceptors (Lipinski definition) is 3. The molecule has 2 heterocycles. The lowest BCUT2D eigenvalue weighted by atomic mass is 10.3. The molecule has 0 spiro atoms. The van der Waals surface area contributed by atoms with Gasteiger partial charge in [-0.1, -0.05) is 13.8 Å². The van der Waals surface area contributed by atoms with E-state index in [1.54, 1.807) is 0 Å². The first kappa shape index (κ1) is 8.85. The molecular weight excluding hydrogens is 170 g/mol. The Morgan fingerprint density at radius 1 is 1.33 bits per heavy atom. The fourth-order valence-corrected chi connectivity index (χ4v) is 3.28. The molecule has 0 amide bonds. The predicted octanol–water partition coefficient (Wildman–Crippen LogP) is 1.21. The Morgan fingerprint density at radius 3 is 2.42 bits per heavy atom. The minimum Gasteiger partial charge on any atom is -0.372 e. The highest BCUT2D eigenvalue weighted by molar-refractivity contribution is 8.00. The molecule has 2 fully saturated rings. The van der Waals surface area contributed by atoms with E-state index in [1.165, 1.54) is 13.1 Å². The summed E-state index contributed by atoms with van der Waals surface area (Å²) in [5.74, 6) is 0. The van der Waals surface area contributed by atoms with Gasteiger partial charge >= 0.3 is 0 Å². The first-order valence-corrected chi connectivity index (χ1v) is 5.67. The Morgan fingerprint density at radius 2 is 1.92 bits per heavy atom. The fraction of sp³-hybridized carbons (Fsp3) is 1.00. The highest BCUT2D eigenvalue weighted by Crippen LogP contribution is 2.25. The smallest absolute Gasteiger partial charge is 0.0936 e. The van der Waals surface area contributed by atoms with Crippen LogP contribution in [0.5, 0.6) is 0 Å². The molecule has 0 bridgehead atoms. The molecule has 2 nitrogen and oxygen atoms in total. The Bertz CT molecular complexity index is 148. The summed E-state index contributed by atoms with van der Waals surface area (Å²) in [6.45, 7) is 9.29. The number of ether oxygens (including phenoxy) is 1. The van der Waals surface area contributed by atoms with Crippen LogP contribution >= 0.6 is 11.8 Å². The second-order valence-corrected chi connectivity index (χ2v) is 5.81. The van der Waals surface area contributed by atoms with E-state index in [2.05, 4.69) is 30.5 Å². The molecule has 0 N–H and O–H groups in total. The van der Waals surface area contributed by atoms with Crippen LogP contribution in [0, 0.1) is 0 Å². The number of thioether (sulfide) groups is 1. The van der Waals surface area contributed by atoms with Crippen molar-refractivity contribution in [1.29, 1.82) is 0 Å². The van der Waals surface area contributed by atoms with Gasteiger partial charge in [-0.15, -0.1) is 0 Å². The maximum Gasteiger partial charge on any atom is 0.0936 e.